The smallest absolute Gasteiger partial charge is 0.258 e. The van der Waals surface area contributed by atoms with E-state index in [1.54, 1.807) is 0 Å². The third kappa shape index (κ3) is 2.00. The van der Waals surface area contributed by atoms with Gasteiger partial charge in [0.2, 0.25) is 0 Å². The van der Waals surface area contributed by atoms with Gasteiger partial charge in [-0.25, -0.2) is 4.39 Å². The highest BCUT2D eigenvalue weighted by Crippen LogP contribution is 2.22. The SMILES string of the molecule is O=[N+]([O-])c1cc(CF)cc([N+](=O)[O-])c1. The van der Waals surface area contributed by atoms with Gasteiger partial charge in [-0.1, -0.05) is 0 Å². The molecule has 0 aliphatic rings. The van der Waals surface area contributed by atoms with Crippen LogP contribution in [0.4, 0.5) is 15.8 Å². The molecule has 0 atom stereocenters. The number of halogens is 1. The molecule has 6 nitrogen and oxygen atoms in total. The second-order valence-corrected chi connectivity index (χ2v) is 2.51. The van der Waals surface area contributed by atoms with Crippen molar-refractivity contribution in [3.8, 4) is 0 Å². The number of rotatable bonds is 3. The van der Waals surface area contributed by atoms with E-state index in [2.05, 4.69) is 0 Å². The largest absolute Gasteiger partial charge is 0.276 e. The fourth-order valence-corrected chi connectivity index (χ4v) is 0.944. The fourth-order valence-electron chi connectivity index (χ4n) is 0.944. The highest BCUT2D eigenvalue weighted by atomic mass is 19.1. The van der Waals surface area contributed by atoms with E-state index in [4.69, 9.17) is 0 Å². The molecule has 0 aromatic heterocycles. The molecule has 0 aliphatic carbocycles. The maximum atomic E-state index is 12.2. The molecule has 1 rings (SSSR count). The number of nitro groups is 2. The van der Waals surface area contributed by atoms with Gasteiger partial charge in [0.05, 0.1) is 15.9 Å². The van der Waals surface area contributed by atoms with Crippen LogP contribution in [0.1, 0.15) is 5.56 Å². The highest BCUT2D eigenvalue weighted by Gasteiger charge is 2.15. The molecular weight excluding hydrogens is 195 g/mol. The molecule has 0 fully saturated rings. The van der Waals surface area contributed by atoms with Crippen LogP contribution in [0.15, 0.2) is 18.2 Å². The summed E-state index contributed by atoms with van der Waals surface area (Å²) in [7, 11) is 0. The van der Waals surface area contributed by atoms with Crippen LogP contribution in [0.5, 0.6) is 0 Å². The summed E-state index contributed by atoms with van der Waals surface area (Å²) in [5.41, 5.74) is -1.04. The maximum Gasteiger partial charge on any atom is 0.276 e. The molecule has 0 amide bonds. The van der Waals surface area contributed by atoms with E-state index in [0.29, 0.717) is 0 Å². The molecule has 7 heteroatoms. The lowest BCUT2D eigenvalue weighted by atomic mass is 10.2. The summed E-state index contributed by atoms with van der Waals surface area (Å²) >= 11 is 0. The van der Waals surface area contributed by atoms with Crippen molar-refractivity contribution in [3.63, 3.8) is 0 Å². The summed E-state index contributed by atoms with van der Waals surface area (Å²) in [5, 5.41) is 20.6. The van der Waals surface area contributed by atoms with Crippen LogP contribution in [0.25, 0.3) is 0 Å². The molecule has 0 aliphatic heterocycles. The number of benzene rings is 1. The number of nitrogens with zero attached hydrogens (tertiary/aromatic N) is 2. The molecule has 0 N–H and O–H groups in total. The van der Waals surface area contributed by atoms with Crippen LogP contribution < -0.4 is 0 Å². The molecule has 14 heavy (non-hydrogen) atoms. The van der Waals surface area contributed by atoms with Crippen molar-refractivity contribution in [2.24, 2.45) is 0 Å². The Labute approximate surface area is 77.3 Å². The minimum Gasteiger partial charge on any atom is -0.258 e. The second-order valence-electron chi connectivity index (χ2n) is 2.51. The molecular formula is C7H5FN2O4. The van der Waals surface area contributed by atoms with Gasteiger partial charge in [-0.2, -0.15) is 0 Å². The van der Waals surface area contributed by atoms with Gasteiger partial charge in [0.15, 0.2) is 0 Å². The quantitative estimate of drug-likeness (QED) is 0.551. The average molecular weight is 200 g/mol. The van der Waals surface area contributed by atoms with Gasteiger partial charge in [0.25, 0.3) is 11.4 Å². The zero-order valence-electron chi connectivity index (χ0n) is 6.84. The van der Waals surface area contributed by atoms with Crippen molar-refractivity contribution < 1.29 is 14.2 Å². The first-order valence-electron chi connectivity index (χ1n) is 3.53. The molecule has 0 radical (unpaired) electrons. The van der Waals surface area contributed by atoms with Crippen molar-refractivity contribution in [2.45, 2.75) is 6.67 Å². The van der Waals surface area contributed by atoms with Gasteiger partial charge in [0, 0.05) is 12.1 Å². The standard InChI is InChI=1S/C7H5FN2O4/c8-4-5-1-6(9(11)12)3-7(2-5)10(13)14/h1-3H,4H2. The Morgan fingerprint density at radius 1 is 1.07 bits per heavy atom. The van der Waals surface area contributed by atoms with Gasteiger partial charge >= 0.3 is 0 Å². The van der Waals surface area contributed by atoms with Crippen molar-refractivity contribution >= 4 is 11.4 Å². The fraction of sp³-hybridized carbons (Fsp3) is 0.143. The lowest BCUT2D eigenvalue weighted by Crippen LogP contribution is -1.94. The highest BCUT2D eigenvalue weighted by molar-refractivity contribution is 5.46. The Morgan fingerprint density at radius 3 is 1.79 bits per heavy atom. The van der Waals surface area contributed by atoms with E-state index < -0.39 is 27.9 Å². The lowest BCUT2D eigenvalue weighted by molar-refractivity contribution is -0.394. The van der Waals surface area contributed by atoms with Crippen molar-refractivity contribution in [2.75, 3.05) is 0 Å². The number of hydrogen-bond acceptors (Lipinski definition) is 4. The summed E-state index contributed by atoms with van der Waals surface area (Å²) < 4.78 is 12.2. The molecule has 0 heterocycles. The first-order valence-corrected chi connectivity index (χ1v) is 3.53. The van der Waals surface area contributed by atoms with Crippen LogP contribution in [0, 0.1) is 20.2 Å². The van der Waals surface area contributed by atoms with E-state index in [-0.39, 0.29) is 5.56 Å². The van der Waals surface area contributed by atoms with Gasteiger partial charge in [-0.05, 0) is 5.56 Å². The molecule has 1 aromatic carbocycles. The van der Waals surface area contributed by atoms with Crippen LogP contribution in [0.3, 0.4) is 0 Å². The lowest BCUT2D eigenvalue weighted by Gasteiger charge is -1.96. The zero-order chi connectivity index (χ0) is 10.7. The van der Waals surface area contributed by atoms with E-state index in [1.165, 1.54) is 0 Å². The van der Waals surface area contributed by atoms with Gasteiger partial charge in [-0.3, -0.25) is 20.2 Å². The van der Waals surface area contributed by atoms with Crippen molar-refractivity contribution in [1.82, 2.24) is 0 Å². The Kier molecular flexibility index (Phi) is 2.70. The number of nitro benzene ring substituents is 2. The van der Waals surface area contributed by atoms with Crippen molar-refractivity contribution in [3.05, 3.63) is 44.0 Å². The predicted molar refractivity (Wildman–Crippen MR) is 44.6 cm³/mol. The first-order chi connectivity index (χ1) is 6.54. The van der Waals surface area contributed by atoms with E-state index in [9.17, 15) is 24.6 Å². The summed E-state index contributed by atoms with van der Waals surface area (Å²) in [6.45, 7) is -0.970. The van der Waals surface area contributed by atoms with Crippen LogP contribution in [0.2, 0.25) is 0 Å². The average Bonchev–Trinajstić information content (AvgIpc) is 2.16. The minimum atomic E-state index is -0.970. The molecule has 0 saturated carbocycles. The molecule has 74 valence electrons. The Balaban J connectivity index is 3.27. The predicted octanol–water partition coefficient (Wildman–Crippen LogP) is 1.97. The molecule has 0 unspecified atom stereocenters. The Morgan fingerprint density at radius 2 is 1.50 bits per heavy atom. The van der Waals surface area contributed by atoms with E-state index >= 15 is 0 Å². The van der Waals surface area contributed by atoms with E-state index in [0.717, 1.165) is 18.2 Å². The summed E-state index contributed by atoms with van der Waals surface area (Å²) in [6, 6.07) is 2.72. The number of non-ortho nitro benzene ring substituents is 2. The molecule has 0 saturated heterocycles. The zero-order valence-corrected chi connectivity index (χ0v) is 6.84. The number of alkyl halides is 1. The number of hydrogen-bond donors (Lipinski definition) is 0. The Hall–Kier alpha value is -2.05. The minimum absolute atomic E-state index is 0.0779. The topological polar surface area (TPSA) is 86.3 Å². The second kappa shape index (κ2) is 3.77. The third-order valence-corrected chi connectivity index (χ3v) is 1.54. The summed E-state index contributed by atoms with van der Waals surface area (Å²) in [4.78, 5) is 19.0. The first kappa shape index (κ1) is 10.0. The van der Waals surface area contributed by atoms with Gasteiger partial charge < -0.3 is 0 Å². The van der Waals surface area contributed by atoms with Crippen molar-refractivity contribution in [1.29, 1.82) is 0 Å². The maximum absolute atomic E-state index is 12.2. The van der Waals surface area contributed by atoms with Crippen LogP contribution in [-0.2, 0) is 6.67 Å². The van der Waals surface area contributed by atoms with E-state index in [1.807, 2.05) is 0 Å². The summed E-state index contributed by atoms with van der Waals surface area (Å²) in [6.07, 6.45) is 0. The normalized spacial score (nSPS) is 9.79. The van der Waals surface area contributed by atoms with Crippen LogP contribution in [-0.4, -0.2) is 9.85 Å². The molecule has 0 spiro atoms. The summed E-state index contributed by atoms with van der Waals surface area (Å²) in [5.74, 6) is 0. The van der Waals surface area contributed by atoms with Gasteiger partial charge in [-0.15, -0.1) is 0 Å². The van der Waals surface area contributed by atoms with Gasteiger partial charge in [0.1, 0.15) is 6.67 Å². The Bertz CT molecular complexity index is 361. The monoisotopic (exact) mass is 200 g/mol. The molecule has 1 aromatic rings. The third-order valence-electron chi connectivity index (χ3n) is 1.54. The molecule has 0 bridgehead atoms. The van der Waals surface area contributed by atoms with Crippen LogP contribution >= 0.6 is 0 Å².